The second-order valence-electron chi connectivity index (χ2n) is 7.20. The predicted molar refractivity (Wildman–Crippen MR) is 111 cm³/mol. The lowest BCUT2D eigenvalue weighted by atomic mass is 9.75. The van der Waals surface area contributed by atoms with E-state index in [2.05, 4.69) is 5.32 Å². The Hall–Kier alpha value is -3.15. The van der Waals surface area contributed by atoms with Crippen LogP contribution in [0.5, 0.6) is 0 Å². The van der Waals surface area contributed by atoms with Crippen LogP contribution in [0.4, 0.5) is 0 Å². The van der Waals surface area contributed by atoms with Crippen molar-refractivity contribution < 1.29 is 19.1 Å². The van der Waals surface area contributed by atoms with E-state index in [1.165, 1.54) is 0 Å². The van der Waals surface area contributed by atoms with Crippen LogP contribution in [0.3, 0.4) is 0 Å². The van der Waals surface area contributed by atoms with Crippen LogP contribution in [0.25, 0.3) is 0 Å². The smallest absolute Gasteiger partial charge is 0.306 e. The first-order chi connectivity index (χ1) is 13.8. The lowest BCUT2D eigenvalue weighted by molar-refractivity contribution is -0.145. The molecular formula is C23H28N2O4. The summed E-state index contributed by atoms with van der Waals surface area (Å²) in [5, 5.41) is 2.78. The number of benzene rings is 2. The number of primary amides is 1. The summed E-state index contributed by atoms with van der Waals surface area (Å²) in [5.74, 6) is -2.01. The van der Waals surface area contributed by atoms with E-state index in [4.69, 9.17) is 10.5 Å². The molecule has 0 aliphatic heterocycles. The minimum atomic E-state index is -1.04. The molecular weight excluding hydrogens is 368 g/mol. The van der Waals surface area contributed by atoms with Crippen molar-refractivity contribution in [3.8, 4) is 0 Å². The number of rotatable bonds is 9. The van der Waals surface area contributed by atoms with Crippen LogP contribution >= 0.6 is 0 Å². The molecule has 2 aromatic rings. The first kappa shape index (κ1) is 22.1. The second kappa shape index (κ2) is 9.87. The van der Waals surface area contributed by atoms with Gasteiger partial charge < -0.3 is 15.8 Å². The molecule has 0 saturated carbocycles. The molecule has 0 fully saturated rings. The molecule has 0 bridgehead atoms. The van der Waals surface area contributed by atoms with Crippen molar-refractivity contribution in [2.75, 3.05) is 6.61 Å². The van der Waals surface area contributed by atoms with Crippen LogP contribution in [-0.2, 0) is 24.5 Å². The van der Waals surface area contributed by atoms with Crippen LogP contribution in [-0.4, -0.2) is 30.4 Å². The van der Waals surface area contributed by atoms with E-state index in [0.29, 0.717) is 0 Å². The van der Waals surface area contributed by atoms with Crippen LogP contribution in [0.15, 0.2) is 60.7 Å². The number of carbonyl (C=O) groups excluding carboxylic acids is 3. The summed E-state index contributed by atoms with van der Waals surface area (Å²) >= 11 is 0. The fraction of sp³-hybridized carbons (Fsp3) is 0.348. The van der Waals surface area contributed by atoms with E-state index in [9.17, 15) is 14.4 Å². The quantitative estimate of drug-likeness (QED) is 0.637. The molecule has 2 amide bonds. The number of nitrogens with one attached hydrogen (secondary N) is 1. The molecule has 0 aromatic heterocycles. The number of esters is 1. The van der Waals surface area contributed by atoms with Gasteiger partial charge in [0, 0.05) is 0 Å². The van der Waals surface area contributed by atoms with Gasteiger partial charge in [-0.15, -0.1) is 0 Å². The van der Waals surface area contributed by atoms with Crippen molar-refractivity contribution in [3.63, 3.8) is 0 Å². The van der Waals surface area contributed by atoms with Crippen LogP contribution in [0.2, 0.25) is 0 Å². The zero-order valence-corrected chi connectivity index (χ0v) is 17.1. The van der Waals surface area contributed by atoms with E-state index in [1.807, 2.05) is 60.7 Å². The third-order valence-corrected chi connectivity index (χ3v) is 5.11. The van der Waals surface area contributed by atoms with Gasteiger partial charge in [-0.25, -0.2) is 0 Å². The van der Waals surface area contributed by atoms with Gasteiger partial charge in [0.05, 0.1) is 18.4 Å². The topological polar surface area (TPSA) is 98.5 Å². The number of hydrogen-bond donors (Lipinski definition) is 2. The summed E-state index contributed by atoms with van der Waals surface area (Å²) in [5.41, 5.74) is 6.07. The van der Waals surface area contributed by atoms with E-state index < -0.39 is 29.3 Å². The average Bonchev–Trinajstić information content (AvgIpc) is 2.72. The maximum atomic E-state index is 13.5. The Bertz CT molecular complexity index is 797. The zero-order valence-electron chi connectivity index (χ0n) is 17.1. The molecule has 29 heavy (non-hydrogen) atoms. The fourth-order valence-electron chi connectivity index (χ4n) is 3.35. The van der Waals surface area contributed by atoms with E-state index in [0.717, 1.165) is 11.1 Å². The third kappa shape index (κ3) is 5.22. The monoisotopic (exact) mass is 396 g/mol. The predicted octanol–water partition coefficient (Wildman–Crippen LogP) is 2.55. The maximum absolute atomic E-state index is 13.5. The molecule has 0 radical (unpaired) electrons. The Kier molecular flexibility index (Phi) is 7.53. The van der Waals surface area contributed by atoms with Crippen molar-refractivity contribution >= 4 is 17.8 Å². The summed E-state index contributed by atoms with van der Waals surface area (Å²) in [6, 6.07) is 17.7. The van der Waals surface area contributed by atoms with Gasteiger partial charge in [-0.1, -0.05) is 67.6 Å². The molecule has 2 atom stereocenters. The number of ether oxygens (including phenoxy) is 1. The lowest BCUT2D eigenvalue weighted by Gasteiger charge is -2.32. The zero-order chi connectivity index (χ0) is 21.4. The highest BCUT2D eigenvalue weighted by Gasteiger charge is 2.39. The van der Waals surface area contributed by atoms with Gasteiger partial charge in [0.1, 0.15) is 6.04 Å². The van der Waals surface area contributed by atoms with E-state index in [1.54, 1.807) is 20.8 Å². The average molecular weight is 396 g/mol. The Balaban J connectivity index is 2.35. The number of amides is 2. The van der Waals surface area contributed by atoms with Crippen molar-refractivity contribution in [2.45, 2.75) is 38.6 Å². The number of hydrogen-bond acceptors (Lipinski definition) is 4. The highest BCUT2D eigenvalue weighted by molar-refractivity contribution is 5.95. The van der Waals surface area contributed by atoms with E-state index in [-0.39, 0.29) is 18.9 Å². The summed E-state index contributed by atoms with van der Waals surface area (Å²) < 4.78 is 4.95. The van der Waals surface area contributed by atoms with Gasteiger partial charge in [-0.05, 0) is 30.9 Å². The Morgan fingerprint density at radius 2 is 1.48 bits per heavy atom. The number of nitrogens with two attached hydrogens (primary N) is 1. The Morgan fingerprint density at radius 3 is 1.90 bits per heavy atom. The van der Waals surface area contributed by atoms with Crippen molar-refractivity contribution in [1.82, 2.24) is 5.32 Å². The Morgan fingerprint density at radius 1 is 1.00 bits per heavy atom. The van der Waals surface area contributed by atoms with Crippen molar-refractivity contribution in [1.29, 1.82) is 0 Å². The van der Waals surface area contributed by atoms with Gasteiger partial charge >= 0.3 is 5.97 Å². The molecule has 0 unspecified atom stereocenters. The highest BCUT2D eigenvalue weighted by atomic mass is 16.5. The molecule has 154 valence electrons. The molecule has 0 saturated heterocycles. The molecule has 3 N–H and O–H groups in total. The van der Waals surface area contributed by atoms with Crippen molar-refractivity contribution in [2.24, 2.45) is 11.7 Å². The van der Waals surface area contributed by atoms with Crippen LogP contribution < -0.4 is 11.1 Å². The largest absolute Gasteiger partial charge is 0.466 e. The molecule has 2 rings (SSSR count). The van der Waals surface area contributed by atoms with Gasteiger partial charge in [0.25, 0.3) is 0 Å². The summed E-state index contributed by atoms with van der Waals surface area (Å²) in [6.45, 7) is 5.45. The summed E-state index contributed by atoms with van der Waals surface area (Å²) in [4.78, 5) is 37.4. The van der Waals surface area contributed by atoms with Crippen LogP contribution in [0.1, 0.15) is 38.3 Å². The van der Waals surface area contributed by atoms with Gasteiger partial charge in [-0.3, -0.25) is 14.4 Å². The highest BCUT2D eigenvalue weighted by Crippen LogP contribution is 2.32. The first-order valence-electron chi connectivity index (χ1n) is 9.67. The van der Waals surface area contributed by atoms with E-state index >= 15 is 0 Å². The molecule has 6 nitrogen and oxygen atoms in total. The molecule has 0 aliphatic carbocycles. The number of carbonyl (C=O) groups is 3. The van der Waals surface area contributed by atoms with Crippen molar-refractivity contribution in [3.05, 3.63) is 71.8 Å². The maximum Gasteiger partial charge on any atom is 0.306 e. The summed E-state index contributed by atoms with van der Waals surface area (Å²) in [6.07, 6.45) is -0.0187. The molecule has 0 spiro atoms. The first-order valence-corrected chi connectivity index (χ1v) is 9.67. The van der Waals surface area contributed by atoms with Gasteiger partial charge in [0.15, 0.2) is 0 Å². The van der Waals surface area contributed by atoms with Crippen LogP contribution in [0, 0.1) is 5.92 Å². The molecule has 0 heterocycles. The normalized spacial score (nSPS) is 13.2. The molecule has 0 aliphatic rings. The minimum absolute atomic E-state index is 0.0187. The standard InChI is InChI=1S/C23H28N2O4/c1-4-29-19(26)15-16(2)20(21(24)27)25-22(28)23(3,17-11-7-5-8-12-17)18-13-9-6-10-14-18/h5-14,16,20H,4,15H2,1-3H3,(H2,24,27)(H,25,28)/t16-,20-/m0/s1. The minimum Gasteiger partial charge on any atom is -0.466 e. The molecule has 2 aromatic carbocycles. The Labute approximate surface area is 171 Å². The SMILES string of the molecule is CCOC(=O)C[C@H](C)[C@H](NC(=O)C(C)(c1ccccc1)c1ccccc1)C(N)=O. The summed E-state index contributed by atoms with van der Waals surface area (Å²) in [7, 11) is 0. The lowest BCUT2D eigenvalue weighted by Crippen LogP contribution is -2.54. The van der Waals surface area contributed by atoms with Gasteiger partial charge in [-0.2, -0.15) is 0 Å². The fourth-order valence-corrected chi connectivity index (χ4v) is 3.35. The third-order valence-electron chi connectivity index (χ3n) is 5.11. The molecule has 6 heteroatoms. The second-order valence-corrected chi connectivity index (χ2v) is 7.20. The van der Waals surface area contributed by atoms with Gasteiger partial charge in [0.2, 0.25) is 11.8 Å².